The first-order valence-corrected chi connectivity index (χ1v) is 7.07. The Morgan fingerprint density at radius 3 is 2.48 bits per heavy atom. The second-order valence-electron chi connectivity index (χ2n) is 4.65. The number of halogens is 2. The van der Waals surface area contributed by atoms with E-state index in [4.69, 9.17) is 28.9 Å². The average molecular weight is 319 g/mol. The highest BCUT2D eigenvalue weighted by Crippen LogP contribution is 2.28. The van der Waals surface area contributed by atoms with Crippen molar-refractivity contribution < 1.29 is 0 Å². The van der Waals surface area contributed by atoms with Gasteiger partial charge in [-0.15, -0.1) is 5.10 Å². The Kier molecular flexibility index (Phi) is 3.82. The summed E-state index contributed by atoms with van der Waals surface area (Å²) in [6, 6.07) is 13.1. The maximum absolute atomic E-state index is 6.06. The van der Waals surface area contributed by atoms with E-state index in [-0.39, 0.29) is 0 Å². The smallest absolute Gasteiger partial charge is 0.0890 e. The topological polar surface area (TPSA) is 56.7 Å². The van der Waals surface area contributed by atoms with E-state index >= 15 is 0 Å². The van der Waals surface area contributed by atoms with E-state index in [1.54, 1.807) is 12.3 Å². The summed E-state index contributed by atoms with van der Waals surface area (Å²) < 4.78 is 1.81. The fraction of sp³-hybridized carbons (Fsp3) is 0.0667. The summed E-state index contributed by atoms with van der Waals surface area (Å²) in [6.45, 7) is 0.607. The number of benzene rings is 2. The van der Waals surface area contributed by atoms with Crippen LogP contribution in [0.25, 0.3) is 11.3 Å². The molecule has 4 nitrogen and oxygen atoms in total. The molecule has 106 valence electrons. The summed E-state index contributed by atoms with van der Waals surface area (Å²) in [5.74, 6) is 0. The van der Waals surface area contributed by atoms with Crippen molar-refractivity contribution in [3.8, 4) is 11.3 Å². The number of aromatic nitrogens is 3. The first kappa shape index (κ1) is 13.9. The molecule has 0 bridgehead atoms. The summed E-state index contributed by atoms with van der Waals surface area (Å²) in [5, 5.41) is 9.13. The second-order valence-corrected chi connectivity index (χ2v) is 5.46. The normalized spacial score (nSPS) is 10.8. The van der Waals surface area contributed by atoms with Gasteiger partial charge in [0.2, 0.25) is 0 Å². The van der Waals surface area contributed by atoms with Crippen LogP contribution in [-0.4, -0.2) is 15.0 Å². The molecule has 0 fully saturated rings. The molecule has 2 aromatic carbocycles. The van der Waals surface area contributed by atoms with Gasteiger partial charge in [-0.05, 0) is 29.8 Å². The van der Waals surface area contributed by atoms with Gasteiger partial charge in [0.05, 0.1) is 28.5 Å². The molecule has 3 aromatic rings. The minimum absolute atomic E-state index is 0.509. The van der Waals surface area contributed by atoms with E-state index in [0.717, 1.165) is 22.5 Å². The molecule has 3 rings (SSSR count). The van der Waals surface area contributed by atoms with Gasteiger partial charge in [-0.1, -0.05) is 46.6 Å². The Hall–Kier alpha value is -2.04. The van der Waals surface area contributed by atoms with Gasteiger partial charge in [-0.3, -0.25) is 0 Å². The lowest BCUT2D eigenvalue weighted by molar-refractivity contribution is 0.655. The molecule has 0 aliphatic heterocycles. The van der Waals surface area contributed by atoms with Crippen LogP contribution in [0.2, 0.25) is 10.0 Å². The van der Waals surface area contributed by atoms with Crippen LogP contribution >= 0.6 is 23.2 Å². The number of nitrogen functional groups attached to an aromatic ring is 1. The molecule has 0 atom stereocenters. The molecule has 21 heavy (non-hydrogen) atoms. The maximum Gasteiger partial charge on any atom is 0.0890 e. The molecular formula is C15H12Cl2N4. The lowest BCUT2D eigenvalue weighted by Gasteiger charge is -2.07. The Morgan fingerprint density at radius 2 is 1.76 bits per heavy atom. The van der Waals surface area contributed by atoms with Crippen LogP contribution in [0, 0.1) is 0 Å². The van der Waals surface area contributed by atoms with Gasteiger partial charge >= 0.3 is 0 Å². The van der Waals surface area contributed by atoms with Crippen LogP contribution in [0.4, 0.5) is 5.69 Å². The van der Waals surface area contributed by atoms with Crippen LogP contribution in [0.15, 0.2) is 48.7 Å². The summed E-state index contributed by atoms with van der Waals surface area (Å²) in [6.07, 6.45) is 1.71. The van der Waals surface area contributed by atoms with E-state index in [1.165, 1.54) is 0 Å². The summed E-state index contributed by atoms with van der Waals surface area (Å²) >= 11 is 12.0. The van der Waals surface area contributed by atoms with Crippen LogP contribution in [0.3, 0.4) is 0 Å². The number of anilines is 1. The molecule has 0 amide bonds. The lowest BCUT2D eigenvalue weighted by atomic mass is 10.1. The molecule has 0 aliphatic carbocycles. The quantitative estimate of drug-likeness (QED) is 0.745. The Bertz CT molecular complexity index is 766. The molecule has 6 heteroatoms. The van der Waals surface area contributed by atoms with Gasteiger partial charge < -0.3 is 5.73 Å². The van der Waals surface area contributed by atoms with Gasteiger partial charge in [0.15, 0.2) is 0 Å². The fourth-order valence-electron chi connectivity index (χ4n) is 2.05. The van der Waals surface area contributed by atoms with Crippen LogP contribution in [-0.2, 0) is 6.54 Å². The van der Waals surface area contributed by atoms with E-state index in [9.17, 15) is 0 Å². The van der Waals surface area contributed by atoms with Gasteiger partial charge in [-0.2, -0.15) is 0 Å². The van der Waals surface area contributed by atoms with Gasteiger partial charge in [0.25, 0.3) is 0 Å². The molecule has 0 spiro atoms. The lowest BCUT2D eigenvalue weighted by Crippen LogP contribution is -2.04. The zero-order chi connectivity index (χ0) is 14.8. The first-order valence-electron chi connectivity index (χ1n) is 6.32. The SMILES string of the molecule is Nc1ccc(Cn2nncc2-c2ccc(Cl)c(Cl)c2)cc1. The fourth-order valence-corrected chi connectivity index (χ4v) is 2.35. The van der Waals surface area contributed by atoms with Crippen molar-refractivity contribution in [2.45, 2.75) is 6.54 Å². The highest BCUT2D eigenvalue weighted by atomic mass is 35.5. The van der Waals surface area contributed by atoms with Crippen LogP contribution < -0.4 is 5.73 Å². The Balaban J connectivity index is 1.93. The van der Waals surface area contributed by atoms with Crippen LogP contribution in [0.5, 0.6) is 0 Å². The molecular weight excluding hydrogens is 307 g/mol. The maximum atomic E-state index is 6.06. The molecule has 2 N–H and O–H groups in total. The predicted molar refractivity (Wildman–Crippen MR) is 85.4 cm³/mol. The second kappa shape index (κ2) is 5.76. The Morgan fingerprint density at radius 1 is 1.00 bits per heavy atom. The molecule has 1 heterocycles. The van der Waals surface area contributed by atoms with Crippen molar-refractivity contribution in [2.75, 3.05) is 5.73 Å². The molecule has 1 aromatic heterocycles. The molecule has 0 saturated heterocycles. The van der Waals surface area contributed by atoms with Gasteiger partial charge in [0, 0.05) is 11.3 Å². The molecule has 0 saturated carbocycles. The standard InChI is InChI=1S/C15H12Cl2N4/c16-13-6-3-11(7-14(13)17)15-8-19-20-21(15)9-10-1-4-12(18)5-2-10/h1-8H,9,18H2. The van der Waals surface area contributed by atoms with E-state index < -0.39 is 0 Å². The van der Waals surface area contributed by atoms with Crippen molar-refractivity contribution in [1.82, 2.24) is 15.0 Å². The number of rotatable bonds is 3. The molecule has 0 unspecified atom stereocenters. The minimum atomic E-state index is 0.509. The summed E-state index contributed by atoms with van der Waals surface area (Å²) in [4.78, 5) is 0. The van der Waals surface area contributed by atoms with E-state index in [0.29, 0.717) is 16.6 Å². The summed E-state index contributed by atoms with van der Waals surface area (Å²) in [7, 11) is 0. The van der Waals surface area contributed by atoms with Gasteiger partial charge in [-0.25, -0.2) is 4.68 Å². The number of nitrogens with zero attached hydrogens (tertiary/aromatic N) is 3. The van der Waals surface area contributed by atoms with Crippen molar-refractivity contribution in [1.29, 1.82) is 0 Å². The summed E-state index contributed by atoms with van der Waals surface area (Å²) in [5.41, 5.74) is 9.32. The number of hydrogen-bond donors (Lipinski definition) is 1. The van der Waals surface area contributed by atoms with Crippen molar-refractivity contribution in [3.05, 3.63) is 64.3 Å². The monoisotopic (exact) mass is 318 g/mol. The Labute approximate surface area is 132 Å². The minimum Gasteiger partial charge on any atom is -0.399 e. The average Bonchev–Trinajstić information content (AvgIpc) is 2.92. The zero-order valence-corrected chi connectivity index (χ0v) is 12.5. The predicted octanol–water partition coefficient (Wildman–Crippen LogP) is 3.88. The van der Waals surface area contributed by atoms with E-state index in [2.05, 4.69) is 10.3 Å². The zero-order valence-electron chi connectivity index (χ0n) is 11.0. The van der Waals surface area contributed by atoms with E-state index in [1.807, 2.05) is 41.1 Å². The third kappa shape index (κ3) is 3.01. The van der Waals surface area contributed by atoms with Crippen LogP contribution in [0.1, 0.15) is 5.56 Å². The molecule has 0 aliphatic rings. The third-order valence-corrected chi connectivity index (χ3v) is 3.88. The van der Waals surface area contributed by atoms with Gasteiger partial charge in [0.1, 0.15) is 0 Å². The first-order chi connectivity index (χ1) is 10.1. The third-order valence-electron chi connectivity index (χ3n) is 3.15. The largest absolute Gasteiger partial charge is 0.399 e. The number of hydrogen-bond acceptors (Lipinski definition) is 3. The van der Waals surface area contributed by atoms with Crippen molar-refractivity contribution in [2.24, 2.45) is 0 Å². The highest BCUT2D eigenvalue weighted by Gasteiger charge is 2.09. The van der Waals surface area contributed by atoms with Crippen molar-refractivity contribution >= 4 is 28.9 Å². The highest BCUT2D eigenvalue weighted by molar-refractivity contribution is 6.42. The van der Waals surface area contributed by atoms with Crippen molar-refractivity contribution in [3.63, 3.8) is 0 Å². The molecule has 0 radical (unpaired) electrons. The number of nitrogens with two attached hydrogens (primary N) is 1.